The predicted octanol–water partition coefficient (Wildman–Crippen LogP) is 1.21. The molecule has 0 bridgehead atoms. The molecule has 2 fully saturated rings. The minimum atomic E-state index is -1.41. The molecule has 2 saturated heterocycles. The lowest BCUT2D eigenvalue weighted by Gasteiger charge is -2.43. The largest absolute Gasteiger partial charge is 0.494 e. The van der Waals surface area contributed by atoms with Crippen molar-refractivity contribution in [2.75, 3.05) is 6.61 Å². The van der Waals surface area contributed by atoms with Crippen molar-refractivity contribution in [3.8, 4) is 0 Å². The van der Waals surface area contributed by atoms with Gasteiger partial charge >= 0.3 is 25.0 Å². The number of benzene rings is 1. The summed E-state index contributed by atoms with van der Waals surface area (Å²) in [5.41, 5.74) is 0.183. The van der Waals surface area contributed by atoms with Crippen LogP contribution in [0.1, 0.15) is 60.1 Å². The zero-order valence-corrected chi connectivity index (χ0v) is 21.1. The minimum Gasteiger partial charge on any atom is -0.463 e. The standard InChI is InChI=1S/C24H33BO10/c1-13(26)30-12-18-19(29)21(31-14(2)27)22(32-15(3)28)20(33-18)16-9-8-10-17(11-16)25-34-23(4,5)24(6,7)35-25/h8-11,18-22,29H,12H2,1-7H3. The normalized spacial score (nSPS) is 29.4. The van der Waals surface area contributed by atoms with Crippen LogP contribution in [0.4, 0.5) is 0 Å². The molecular weight excluding hydrogens is 459 g/mol. The number of esters is 3. The summed E-state index contributed by atoms with van der Waals surface area (Å²) in [6.45, 7) is 11.1. The van der Waals surface area contributed by atoms with E-state index in [0.717, 1.165) is 0 Å². The first-order chi connectivity index (χ1) is 16.2. The molecule has 1 aromatic carbocycles. The smallest absolute Gasteiger partial charge is 0.463 e. The fourth-order valence-electron chi connectivity index (χ4n) is 4.04. The van der Waals surface area contributed by atoms with Gasteiger partial charge in [0.2, 0.25) is 0 Å². The maximum absolute atomic E-state index is 11.9. The molecule has 35 heavy (non-hydrogen) atoms. The van der Waals surface area contributed by atoms with E-state index in [-0.39, 0.29) is 6.61 Å². The van der Waals surface area contributed by atoms with Gasteiger partial charge in [0.05, 0.1) is 11.2 Å². The lowest BCUT2D eigenvalue weighted by Crippen LogP contribution is -2.58. The summed E-state index contributed by atoms with van der Waals surface area (Å²) >= 11 is 0. The monoisotopic (exact) mass is 492 g/mol. The molecule has 0 aliphatic carbocycles. The van der Waals surface area contributed by atoms with Crippen LogP contribution in [-0.2, 0) is 42.6 Å². The molecule has 1 N–H and O–H groups in total. The van der Waals surface area contributed by atoms with Gasteiger partial charge in [-0.05, 0) is 38.7 Å². The maximum atomic E-state index is 11.9. The SMILES string of the molecule is CC(=O)OCC1OC(c2cccc(B3OC(C)(C)C(C)(C)O3)c2)C(OC(C)=O)C(OC(C)=O)C1O. The van der Waals surface area contributed by atoms with Gasteiger partial charge in [-0.3, -0.25) is 14.4 Å². The highest BCUT2D eigenvalue weighted by Gasteiger charge is 2.53. The van der Waals surface area contributed by atoms with Gasteiger partial charge in [0.15, 0.2) is 12.2 Å². The Balaban J connectivity index is 1.98. The second kappa shape index (κ2) is 10.3. The van der Waals surface area contributed by atoms with Crippen molar-refractivity contribution in [2.24, 2.45) is 0 Å². The highest BCUT2D eigenvalue weighted by Crippen LogP contribution is 2.38. The van der Waals surface area contributed by atoms with Crippen LogP contribution >= 0.6 is 0 Å². The van der Waals surface area contributed by atoms with E-state index in [0.29, 0.717) is 11.0 Å². The summed E-state index contributed by atoms with van der Waals surface area (Å²) in [7, 11) is -0.651. The summed E-state index contributed by atoms with van der Waals surface area (Å²) in [6.07, 6.45) is -5.81. The molecule has 2 aliphatic rings. The van der Waals surface area contributed by atoms with E-state index in [9.17, 15) is 19.5 Å². The number of carbonyl (C=O) groups is 3. The van der Waals surface area contributed by atoms with Gasteiger partial charge in [0, 0.05) is 20.8 Å². The van der Waals surface area contributed by atoms with Gasteiger partial charge in [-0.15, -0.1) is 0 Å². The molecule has 0 amide bonds. The fourth-order valence-corrected chi connectivity index (χ4v) is 4.04. The second-order valence-corrected chi connectivity index (χ2v) is 9.79. The lowest BCUT2D eigenvalue weighted by molar-refractivity contribution is -0.249. The molecule has 0 aromatic heterocycles. The Morgan fingerprint density at radius 3 is 2.06 bits per heavy atom. The van der Waals surface area contributed by atoms with Crippen LogP contribution < -0.4 is 5.46 Å². The van der Waals surface area contributed by atoms with Crippen LogP contribution in [0.3, 0.4) is 0 Å². The molecule has 10 nitrogen and oxygen atoms in total. The van der Waals surface area contributed by atoms with Crippen LogP contribution in [0.15, 0.2) is 24.3 Å². The lowest BCUT2D eigenvalue weighted by atomic mass is 9.77. The number of ether oxygens (including phenoxy) is 4. The number of rotatable bonds is 6. The van der Waals surface area contributed by atoms with Crippen molar-refractivity contribution in [1.82, 2.24) is 0 Å². The van der Waals surface area contributed by atoms with Crippen molar-refractivity contribution in [1.29, 1.82) is 0 Å². The molecule has 2 aliphatic heterocycles. The van der Waals surface area contributed by atoms with E-state index in [1.165, 1.54) is 20.8 Å². The fraction of sp³-hybridized carbons (Fsp3) is 0.625. The summed E-state index contributed by atoms with van der Waals surface area (Å²) < 4.78 is 34.2. The Morgan fingerprint density at radius 2 is 1.51 bits per heavy atom. The third kappa shape index (κ3) is 6.03. The van der Waals surface area contributed by atoms with Crippen molar-refractivity contribution in [3.05, 3.63) is 29.8 Å². The zero-order chi connectivity index (χ0) is 26.1. The average molecular weight is 492 g/mol. The van der Waals surface area contributed by atoms with Crippen molar-refractivity contribution in [3.63, 3.8) is 0 Å². The van der Waals surface area contributed by atoms with E-state index >= 15 is 0 Å². The van der Waals surface area contributed by atoms with E-state index in [1.807, 2.05) is 33.8 Å². The van der Waals surface area contributed by atoms with E-state index < -0.39 is 66.7 Å². The van der Waals surface area contributed by atoms with Gasteiger partial charge in [-0.25, -0.2) is 0 Å². The van der Waals surface area contributed by atoms with E-state index in [2.05, 4.69) is 0 Å². The van der Waals surface area contributed by atoms with E-state index in [4.69, 9.17) is 28.3 Å². The molecule has 2 heterocycles. The van der Waals surface area contributed by atoms with Crippen molar-refractivity contribution in [2.45, 2.75) is 90.2 Å². The van der Waals surface area contributed by atoms with Crippen molar-refractivity contribution >= 4 is 30.5 Å². The third-order valence-corrected chi connectivity index (χ3v) is 6.48. The molecular formula is C24H33BO10. The summed E-state index contributed by atoms with van der Waals surface area (Å²) in [4.78, 5) is 35.1. The van der Waals surface area contributed by atoms with Crippen LogP contribution in [0.5, 0.6) is 0 Å². The first-order valence-electron chi connectivity index (χ1n) is 11.5. The molecule has 5 atom stereocenters. The highest BCUT2D eigenvalue weighted by atomic mass is 16.7. The van der Waals surface area contributed by atoms with Crippen molar-refractivity contribution < 1.29 is 47.7 Å². The summed E-state index contributed by atoms with van der Waals surface area (Å²) in [5, 5.41) is 10.9. The number of carbonyl (C=O) groups excluding carboxylic acids is 3. The van der Waals surface area contributed by atoms with Crippen LogP contribution in [0.25, 0.3) is 0 Å². The summed E-state index contributed by atoms with van der Waals surface area (Å²) in [6, 6.07) is 7.15. The first kappa shape index (κ1) is 27.1. The van der Waals surface area contributed by atoms with Crippen LogP contribution in [-0.4, -0.2) is 72.4 Å². The Hall–Kier alpha value is -2.47. The van der Waals surface area contributed by atoms with Gasteiger partial charge in [-0.2, -0.15) is 0 Å². The Morgan fingerprint density at radius 1 is 0.943 bits per heavy atom. The number of hydrogen-bond acceptors (Lipinski definition) is 10. The zero-order valence-electron chi connectivity index (χ0n) is 21.1. The van der Waals surface area contributed by atoms with Gasteiger partial charge in [0.25, 0.3) is 0 Å². The Bertz CT molecular complexity index is 945. The molecule has 0 saturated carbocycles. The number of aliphatic hydroxyl groups is 1. The average Bonchev–Trinajstić information content (AvgIpc) is 2.96. The topological polar surface area (TPSA) is 127 Å². The Kier molecular flexibility index (Phi) is 7.95. The molecule has 0 radical (unpaired) electrons. The van der Waals surface area contributed by atoms with Gasteiger partial charge in [0.1, 0.15) is 24.9 Å². The molecule has 1 aromatic rings. The van der Waals surface area contributed by atoms with Gasteiger partial charge in [-0.1, -0.05) is 24.3 Å². The Labute approximate surface area is 205 Å². The van der Waals surface area contributed by atoms with Crippen LogP contribution in [0.2, 0.25) is 0 Å². The van der Waals surface area contributed by atoms with E-state index in [1.54, 1.807) is 18.2 Å². The third-order valence-electron chi connectivity index (χ3n) is 6.48. The molecule has 3 rings (SSSR count). The minimum absolute atomic E-state index is 0.283. The molecule has 0 spiro atoms. The number of aliphatic hydroxyl groups excluding tert-OH is 1. The van der Waals surface area contributed by atoms with Gasteiger partial charge < -0.3 is 33.4 Å². The second-order valence-electron chi connectivity index (χ2n) is 9.79. The first-order valence-corrected chi connectivity index (χ1v) is 11.5. The number of hydrogen-bond donors (Lipinski definition) is 1. The highest BCUT2D eigenvalue weighted by molar-refractivity contribution is 6.62. The summed E-state index contributed by atoms with van der Waals surface area (Å²) in [5.74, 6) is -1.89. The molecule has 192 valence electrons. The molecule has 11 heteroatoms. The maximum Gasteiger partial charge on any atom is 0.494 e. The predicted molar refractivity (Wildman–Crippen MR) is 124 cm³/mol. The molecule has 5 unspecified atom stereocenters. The van der Waals surface area contributed by atoms with Crippen LogP contribution in [0, 0.1) is 0 Å². The quantitative estimate of drug-likeness (QED) is 0.352.